The highest BCUT2D eigenvalue weighted by atomic mass is 14.8. The van der Waals surface area contributed by atoms with Crippen LogP contribution >= 0.6 is 0 Å². The van der Waals surface area contributed by atoms with Crippen molar-refractivity contribution in [3.63, 3.8) is 0 Å². The predicted octanol–water partition coefficient (Wildman–Crippen LogP) is 7.14. The van der Waals surface area contributed by atoms with E-state index >= 15 is 0 Å². The van der Waals surface area contributed by atoms with Crippen LogP contribution in [-0.2, 0) is 20.9 Å². The molecule has 8 unspecified atom stereocenters. The first kappa shape index (κ1) is 42.4. The molecule has 4 saturated heterocycles. The lowest BCUT2D eigenvalue weighted by atomic mass is 9.65. The Morgan fingerprint density at radius 3 is 0.779 bits per heavy atom. The number of aromatic amines is 2. The molecule has 8 bridgehead atoms. The second-order valence-corrected chi connectivity index (χ2v) is 19.3. The van der Waals surface area contributed by atoms with Gasteiger partial charge in [0.1, 0.15) is 29.1 Å². The van der Waals surface area contributed by atoms with Gasteiger partial charge in [0.25, 0.3) is 0 Å². The van der Waals surface area contributed by atoms with Gasteiger partial charge in [0.05, 0.1) is 85.5 Å². The molecule has 6 aliphatic rings. The van der Waals surface area contributed by atoms with Crippen LogP contribution in [0.3, 0.4) is 0 Å². The fourth-order valence-electron chi connectivity index (χ4n) is 10.3. The van der Waals surface area contributed by atoms with E-state index in [9.17, 15) is 0 Å². The fourth-order valence-corrected chi connectivity index (χ4v) is 10.3. The van der Waals surface area contributed by atoms with Crippen molar-refractivity contribution in [2.24, 2.45) is 0 Å². The summed E-state index contributed by atoms with van der Waals surface area (Å²) in [6.45, 7) is 0. The van der Waals surface area contributed by atoms with Crippen LogP contribution < -0.4 is 0 Å². The molecule has 4 aromatic carbocycles. The number of hydrogen-bond donors (Lipinski definition) is 2. The highest BCUT2D eigenvalue weighted by Crippen LogP contribution is 2.50. The Morgan fingerprint density at radius 2 is 0.574 bits per heavy atom. The van der Waals surface area contributed by atoms with Crippen molar-refractivity contribution in [1.82, 2.24) is 19.9 Å². The Balaban J connectivity index is 1.14. The Bertz CT molecular complexity index is 3120. The zero-order valence-electron chi connectivity index (χ0n) is 37.0. The van der Waals surface area contributed by atoms with Gasteiger partial charge in [-0.15, -0.1) is 22.9 Å². The number of hydrogen-bond acceptors (Lipinski definition) is 2. The van der Waals surface area contributed by atoms with Crippen LogP contribution in [0.25, 0.3) is 90.9 Å². The maximum absolute atomic E-state index is 6.81. The molecule has 294 valence electrons. The molecule has 4 fully saturated rings. The van der Waals surface area contributed by atoms with Crippen LogP contribution in [-0.4, -0.2) is 112 Å². The average molecular weight is 841 g/mol. The maximum Gasteiger partial charge on any atom is 0.104 e. The minimum absolute atomic E-state index is 0.242. The molecule has 9 heterocycles. The molecule has 4 nitrogen and oxygen atoms in total. The lowest BCUT2D eigenvalue weighted by molar-refractivity contribution is 1.06. The molecule has 0 spiro atoms. The lowest BCUT2D eigenvalue weighted by Gasteiger charge is -2.15. The zero-order chi connectivity index (χ0) is 46.5. The summed E-state index contributed by atoms with van der Waals surface area (Å²) >= 11 is 0. The van der Waals surface area contributed by atoms with Crippen molar-refractivity contribution >= 4 is 138 Å². The van der Waals surface area contributed by atoms with Gasteiger partial charge in [-0.2, -0.15) is 0 Å². The Morgan fingerprint density at radius 1 is 0.353 bits per heavy atom. The third kappa shape index (κ3) is 6.66. The third-order valence-corrected chi connectivity index (χ3v) is 15.0. The monoisotopic (exact) mass is 842 g/mol. The SMILES string of the molecule is [B]C1[B]C1([B])c1cccc(-c2c3nc(c(-c4cccc(C5([B])[B]C5[B])c4)c4ccc([nH]4)c(-c4cccc(C5([B])[B]C5[B])c4)c4nc(c(-c5cccc(C6([B])[B]C6[B])c5)c5ccc2[nH]5)C=C4)C=C3)c1. The molecule has 20 radical (unpaired) electrons. The van der Waals surface area contributed by atoms with Gasteiger partial charge in [0.2, 0.25) is 0 Å². The molecule has 0 aliphatic carbocycles. The van der Waals surface area contributed by atoms with Crippen LogP contribution in [0, 0.1) is 0 Å². The zero-order valence-corrected chi connectivity index (χ0v) is 37.0. The van der Waals surface area contributed by atoms with Crippen molar-refractivity contribution < 1.29 is 0 Å². The van der Waals surface area contributed by atoms with Gasteiger partial charge in [-0.3, -0.25) is 0 Å². The Labute approximate surface area is 410 Å². The number of rotatable bonds is 8. The van der Waals surface area contributed by atoms with E-state index < -0.39 is 20.9 Å². The standard InChI is InChI=1S/C52H30B12N4/c53-45-49(57,61-45)29-9-1-5-25(21-29)41-33-13-15-35(65-33)42(26-6-2-10-30(22-26)50(58)46(54)62-50)37-17-19-39(67-37)44(28-8-4-12-32(24-28)52(60)48(56)64-52)40-20-18-38(68-40)43(36-16-14-34(41)66-36)27-7-3-11-31(23-27)51(59)47(55)63-51/h1-24,45-48,65,68H. The molecule has 0 saturated carbocycles. The summed E-state index contributed by atoms with van der Waals surface area (Å²) in [6.07, 6.45) is 8.30. The van der Waals surface area contributed by atoms with Crippen molar-refractivity contribution in [1.29, 1.82) is 0 Å². The number of nitrogens with zero attached hydrogens (tertiary/aromatic N) is 2. The summed E-state index contributed by atoms with van der Waals surface area (Å²) in [5, 5.41) is -2.89. The number of H-pyrrole nitrogens is 2. The van der Waals surface area contributed by atoms with Crippen LogP contribution in [0.4, 0.5) is 0 Å². The molecular formula is C52H30B12N4. The molecule has 16 heteroatoms. The molecule has 13 rings (SSSR count). The van der Waals surface area contributed by atoms with Gasteiger partial charge >= 0.3 is 0 Å². The number of nitrogens with one attached hydrogen (secondary N) is 2. The summed E-state index contributed by atoms with van der Waals surface area (Å²) in [6, 6.07) is 41.5. The van der Waals surface area contributed by atoms with Crippen molar-refractivity contribution in [2.45, 2.75) is 43.7 Å². The van der Waals surface area contributed by atoms with E-state index in [1.165, 1.54) is 0 Å². The van der Waals surface area contributed by atoms with Gasteiger partial charge in [0, 0.05) is 44.3 Å². The predicted molar refractivity (Wildman–Crippen MR) is 291 cm³/mol. The van der Waals surface area contributed by atoms with E-state index in [2.05, 4.69) is 107 Å². The first-order valence-corrected chi connectivity index (χ1v) is 23.0. The number of fused-ring (bicyclic) bond motifs is 8. The normalized spacial score (nSPS) is 27.9. The van der Waals surface area contributed by atoms with Crippen LogP contribution in [0.5, 0.6) is 0 Å². The van der Waals surface area contributed by atoms with Crippen molar-refractivity contribution in [2.75, 3.05) is 0 Å². The van der Waals surface area contributed by atoms with E-state index in [-0.39, 0.29) is 22.9 Å². The highest BCUT2D eigenvalue weighted by Gasteiger charge is 2.49. The molecular weight excluding hydrogens is 810 g/mol. The van der Waals surface area contributed by atoms with Crippen molar-refractivity contribution in [3.8, 4) is 44.5 Å². The summed E-state index contributed by atoms with van der Waals surface area (Å²) in [7, 11) is 60.6. The van der Waals surface area contributed by atoms with Gasteiger partial charge < -0.3 is 9.97 Å². The topological polar surface area (TPSA) is 57.4 Å². The molecule has 0 amide bonds. The van der Waals surface area contributed by atoms with Gasteiger partial charge in [0.15, 0.2) is 0 Å². The van der Waals surface area contributed by atoms with Crippen LogP contribution in [0.15, 0.2) is 121 Å². The second-order valence-electron chi connectivity index (χ2n) is 19.3. The van der Waals surface area contributed by atoms with Crippen LogP contribution in [0.2, 0.25) is 22.9 Å². The summed E-state index contributed by atoms with van der Waals surface area (Å²) < 4.78 is 0. The molecule has 2 N–H and O–H groups in total. The van der Waals surface area contributed by atoms with E-state index in [1.54, 1.807) is 0 Å². The van der Waals surface area contributed by atoms with E-state index in [0.717, 1.165) is 112 Å². The largest absolute Gasteiger partial charge is 0.354 e. The van der Waals surface area contributed by atoms with Crippen LogP contribution in [0.1, 0.15) is 45.0 Å². The first-order chi connectivity index (χ1) is 32.7. The van der Waals surface area contributed by atoms with Gasteiger partial charge in [-0.25, -0.2) is 9.97 Å². The molecule has 8 atom stereocenters. The molecule has 6 aliphatic heterocycles. The van der Waals surface area contributed by atoms with Gasteiger partial charge in [-0.1, -0.05) is 140 Å². The van der Waals surface area contributed by atoms with Gasteiger partial charge in [-0.05, 0) is 70.8 Å². The quantitative estimate of drug-likeness (QED) is 0.160. The second kappa shape index (κ2) is 14.9. The van der Waals surface area contributed by atoms with E-state index in [1.807, 2.05) is 77.6 Å². The molecule has 3 aromatic heterocycles. The smallest absolute Gasteiger partial charge is 0.104 e. The highest BCUT2D eigenvalue weighted by molar-refractivity contribution is 6.79. The van der Waals surface area contributed by atoms with E-state index in [0.29, 0.717) is 0 Å². The Hall–Kier alpha value is -5.74. The van der Waals surface area contributed by atoms with E-state index in [4.69, 9.17) is 72.7 Å². The number of aromatic nitrogens is 4. The van der Waals surface area contributed by atoms with Crippen molar-refractivity contribution in [3.05, 3.63) is 166 Å². The maximum atomic E-state index is 6.81. The lowest BCUT2D eigenvalue weighted by Crippen LogP contribution is -2.10. The average Bonchev–Trinajstić information content (AvgIpc) is 4.09. The Kier molecular flexibility index (Phi) is 9.27. The fraction of sp³-hybridized carbons (Fsp3) is 0.154. The minimum Gasteiger partial charge on any atom is -0.354 e. The number of benzene rings is 4. The summed E-state index contributed by atoms with van der Waals surface area (Å²) in [5.74, 6) is 0. The molecule has 7 aromatic rings. The summed E-state index contributed by atoms with van der Waals surface area (Å²) in [5.41, 5.74) is 16.4. The minimum atomic E-state index is -0.722. The summed E-state index contributed by atoms with van der Waals surface area (Å²) in [4.78, 5) is 18.7. The molecule has 68 heavy (non-hydrogen) atoms. The first-order valence-electron chi connectivity index (χ1n) is 23.0. The third-order valence-electron chi connectivity index (χ3n) is 15.0.